The van der Waals surface area contributed by atoms with Crippen molar-refractivity contribution in [1.29, 1.82) is 0 Å². The molecule has 0 saturated carbocycles. The first kappa shape index (κ1) is 19.7. The van der Waals surface area contributed by atoms with Crippen molar-refractivity contribution in [3.8, 4) is 17.2 Å². The topological polar surface area (TPSA) is 111 Å². The van der Waals surface area contributed by atoms with Crippen LogP contribution in [0.4, 0.5) is 5.69 Å². The first-order valence-electron chi connectivity index (χ1n) is 9.80. The van der Waals surface area contributed by atoms with Crippen LogP contribution in [0.25, 0.3) is 0 Å². The third kappa shape index (κ3) is 4.51. The van der Waals surface area contributed by atoms with E-state index in [2.05, 4.69) is 39.8 Å². The molecule has 2 N–H and O–H groups in total. The summed E-state index contributed by atoms with van der Waals surface area (Å²) in [5.41, 5.74) is 1.02. The maximum Gasteiger partial charge on any atom is 0.255 e. The smallest absolute Gasteiger partial charge is 0.255 e. The molecule has 1 aromatic heterocycles. The molecule has 156 valence electrons. The quantitative estimate of drug-likeness (QED) is 0.615. The number of carbonyl (C=O) groups is 1. The predicted molar refractivity (Wildman–Crippen MR) is 109 cm³/mol. The zero-order chi connectivity index (χ0) is 20.9. The van der Waals surface area contributed by atoms with Crippen molar-refractivity contribution in [1.82, 2.24) is 20.6 Å². The number of carbonyl (C=O) groups excluding carboxylic acids is 1. The fourth-order valence-electron chi connectivity index (χ4n) is 2.94. The van der Waals surface area contributed by atoms with E-state index in [9.17, 15) is 4.79 Å². The Labute approximate surface area is 173 Å². The number of H-pyrrole nitrogens is 1. The number of rotatable bonds is 7. The van der Waals surface area contributed by atoms with Gasteiger partial charge in [0.15, 0.2) is 23.4 Å². The van der Waals surface area contributed by atoms with Crippen LogP contribution in [0.1, 0.15) is 42.6 Å². The van der Waals surface area contributed by atoms with E-state index in [0.29, 0.717) is 41.1 Å². The minimum atomic E-state index is -0.493. The van der Waals surface area contributed by atoms with Gasteiger partial charge in [0.2, 0.25) is 0 Å². The van der Waals surface area contributed by atoms with E-state index >= 15 is 0 Å². The molecule has 2 aromatic carbocycles. The molecule has 3 aromatic rings. The first-order chi connectivity index (χ1) is 14.6. The highest BCUT2D eigenvalue weighted by Gasteiger charge is 2.28. The molecule has 30 heavy (non-hydrogen) atoms. The average Bonchev–Trinajstić information content (AvgIpc) is 3.29. The van der Waals surface area contributed by atoms with Crippen molar-refractivity contribution in [2.24, 2.45) is 5.92 Å². The summed E-state index contributed by atoms with van der Waals surface area (Å²) in [6, 6.07) is 12.4. The number of anilines is 1. The molecule has 1 aliphatic rings. The fraction of sp³-hybridized carbons (Fsp3) is 0.333. The number of amides is 1. The monoisotopic (exact) mass is 409 g/mol. The highest BCUT2D eigenvalue weighted by Crippen LogP contribution is 2.41. The number of ether oxygens (including phenoxy) is 3. The summed E-state index contributed by atoms with van der Waals surface area (Å²) < 4.78 is 17.4. The van der Waals surface area contributed by atoms with Gasteiger partial charge in [-0.05, 0) is 59.2 Å². The largest absolute Gasteiger partial charge is 0.494 e. The van der Waals surface area contributed by atoms with Gasteiger partial charge in [0.1, 0.15) is 12.4 Å². The van der Waals surface area contributed by atoms with Crippen LogP contribution in [0.5, 0.6) is 17.2 Å². The summed E-state index contributed by atoms with van der Waals surface area (Å²) >= 11 is 0. The van der Waals surface area contributed by atoms with Crippen LogP contribution in [0.3, 0.4) is 0 Å². The van der Waals surface area contributed by atoms with Gasteiger partial charge in [-0.2, -0.15) is 0 Å². The number of nitrogens with one attached hydrogen (secondary N) is 2. The number of fused-ring (bicyclic) bond motifs is 1. The van der Waals surface area contributed by atoms with Crippen molar-refractivity contribution in [3.63, 3.8) is 0 Å². The van der Waals surface area contributed by atoms with Crippen LogP contribution in [0, 0.1) is 5.92 Å². The third-order valence-corrected chi connectivity index (χ3v) is 4.62. The normalized spacial score (nSPS) is 15.1. The van der Waals surface area contributed by atoms with Gasteiger partial charge in [0, 0.05) is 5.56 Å². The van der Waals surface area contributed by atoms with Gasteiger partial charge >= 0.3 is 0 Å². The lowest BCUT2D eigenvalue weighted by atomic mass is 10.1. The molecule has 0 radical (unpaired) electrons. The van der Waals surface area contributed by atoms with E-state index in [-0.39, 0.29) is 12.5 Å². The Morgan fingerprint density at radius 3 is 2.83 bits per heavy atom. The van der Waals surface area contributed by atoms with Gasteiger partial charge in [-0.25, -0.2) is 5.10 Å². The minimum absolute atomic E-state index is 0.260. The highest BCUT2D eigenvalue weighted by atomic mass is 16.6. The lowest BCUT2D eigenvalue weighted by molar-refractivity contribution is 0.0856. The van der Waals surface area contributed by atoms with Crippen LogP contribution in [-0.4, -0.2) is 39.7 Å². The molecule has 1 amide bonds. The molecule has 9 nitrogen and oxygen atoms in total. The maximum absolute atomic E-state index is 12.7. The van der Waals surface area contributed by atoms with E-state index < -0.39 is 6.10 Å². The van der Waals surface area contributed by atoms with Crippen LogP contribution >= 0.6 is 0 Å². The third-order valence-electron chi connectivity index (χ3n) is 4.62. The van der Waals surface area contributed by atoms with Gasteiger partial charge in [-0.15, -0.1) is 5.10 Å². The van der Waals surface area contributed by atoms with Crippen molar-refractivity contribution < 1.29 is 19.0 Å². The number of aromatic amines is 1. The number of aromatic nitrogens is 4. The molecule has 9 heteroatoms. The molecular formula is C21H23N5O4. The van der Waals surface area contributed by atoms with E-state index in [1.807, 2.05) is 0 Å². The number of para-hydroxylation sites is 1. The van der Waals surface area contributed by atoms with Crippen molar-refractivity contribution in [2.45, 2.75) is 26.4 Å². The minimum Gasteiger partial charge on any atom is -0.494 e. The molecule has 0 aliphatic carbocycles. The second-order valence-corrected chi connectivity index (χ2v) is 7.35. The molecule has 4 rings (SSSR count). The van der Waals surface area contributed by atoms with Crippen molar-refractivity contribution in [3.05, 3.63) is 53.9 Å². The summed E-state index contributed by atoms with van der Waals surface area (Å²) in [6.45, 7) is 5.22. The van der Waals surface area contributed by atoms with E-state index in [4.69, 9.17) is 14.2 Å². The van der Waals surface area contributed by atoms with Crippen LogP contribution < -0.4 is 19.5 Å². The van der Waals surface area contributed by atoms with Gasteiger partial charge < -0.3 is 19.5 Å². The Hall–Kier alpha value is -3.62. The van der Waals surface area contributed by atoms with E-state index in [1.54, 1.807) is 42.5 Å². The maximum atomic E-state index is 12.7. The van der Waals surface area contributed by atoms with Crippen LogP contribution in [0.2, 0.25) is 0 Å². The molecule has 1 atom stereocenters. The molecular weight excluding hydrogens is 386 g/mol. The van der Waals surface area contributed by atoms with Crippen molar-refractivity contribution >= 4 is 11.6 Å². The molecule has 0 saturated heterocycles. The van der Waals surface area contributed by atoms with E-state index in [1.165, 1.54) is 0 Å². The number of tetrazole rings is 1. The Morgan fingerprint density at radius 1 is 1.27 bits per heavy atom. The van der Waals surface area contributed by atoms with Gasteiger partial charge in [-0.1, -0.05) is 19.9 Å². The molecule has 1 aliphatic heterocycles. The summed E-state index contributed by atoms with van der Waals surface area (Å²) in [5.74, 6) is 2.50. The molecule has 2 heterocycles. The van der Waals surface area contributed by atoms with Crippen LogP contribution in [-0.2, 0) is 0 Å². The van der Waals surface area contributed by atoms with Crippen LogP contribution in [0.15, 0.2) is 42.5 Å². The van der Waals surface area contributed by atoms with E-state index in [0.717, 1.165) is 12.2 Å². The second-order valence-electron chi connectivity index (χ2n) is 7.35. The Kier molecular flexibility index (Phi) is 5.78. The van der Waals surface area contributed by atoms with Gasteiger partial charge in [-0.3, -0.25) is 4.79 Å². The first-order valence-corrected chi connectivity index (χ1v) is 9.80. The summed E-state index contributed by atoms with van der Waals surface area (Å²) in [4.78, 5) is 12.7. The SMILES string of the molecule is CC(C)CCOc1ccc(C(=O)Nc2cccc3c2OC(c2nnn[nH]2)CO3)cc1. The van der Waals surface area contributed by atoms with Gasteiger partial charge in [0.05, 0.1) is 12.3 Å². The number of nitrogens with zero attached hydrogens (tertiary/aromatic N) is 3. The Morgan fingerprint density at radius 2 is 2.10 bits per heavy atom. The standard InChI is InChI=1S/C21H23N5O4/c1-13(2)10-11-28-15-8-6-14(7-9-15)21(27)22-16-4-3-5-17-19(16)30-18(12-29-17)20-23-25-26-24-20/h3-9,13,18H,10-12H2,1-2H3,(H,22,27)(H,23,24,25,26). The van der Waals surface area contributed by atoms with Crippen molar-refractivity contribution in [2.75, 3.05) is 18.5 Å². The highest BCUT2D eigenvalue weighted by molar-refractivity contribution is 6.05. The summed E-state index contributed by atoms with van der Waals surface area (Å²) in [5, 5.41) is 16.5. The summed E-state index contributed by atoms with van der Waals surface area (Å²) in [6.07, 6.45) is 0.488. The lowest BCUT2D eigenvalue weighted by Crippen LogP contribution is -2.24. The zero-order valence-corrected chi connectivity index (χ0v) is 16.8. The lowest BCUT2D eigenvalue weighted by Gasteiger charge is -2.26. The zero-order valence-electron chi connectivity index (χ0n) is 16.8. The predicted octanol–water partition coefficient (Wildman–Crippen LogP) is 3.39. The van der Waals surface area contributed by atoms with Gasteiger partial charge in [0.25, 0.3) is 5.91 Å². The number of hydrogen-bond donors (Lipinski definition) is 2. The average molecular weight is 409 g/mol. The molecule has 0 fully saturated rings. The number of hydrogen-bond acceptors (Lipinski definition) is 7. The molecule has 0 bridgehead atoms. The molecule has 1 unspecified atom stereocenters. The fourth-order valence-corrected chi connectivity index (χ4v) is 2.94. The molecule has 0 spiro atoms. The second kappa shape index (κ2) is 8.81. The Bertz CT molecular complexity index is 989. The number of benzene rings is 2. The Balaban J connectivity index is 1.44. The summed E-state index contributed by atoms with van der Waals surface area (Å²) in [7, 11) is 0.